The lowest BCUT2D eigenvalue weighted by Crippen LogP contribution is -2.44. The minimum Gasteiger partial charge on any atom is -0.301 e. The molecule has 1 saturated heterocycles. The Morgan fingerprint density at radius 3 is 1.92 bits per heavy atom. The first-order valence-electron chi connectivity index (χ1n) is 17.3. The maximum Gasteiger partial charge on any atom is 0.182 e. The molecule has 2 nitrogen and oxygen atoms in total. The normalized spacial score (nSPS) is 41.1. The molecule has 0 aromatic rings. The Morgan fingerprint density at radius 1 is 0.615 bits per heavy atom. The number of rotatable bonds is 2. The lowest BCUT2D eigenvalue weighted by Gasteiger charge is -2.47. The largest absolute Gasteiger partial charge is 0.301 e. The zero-order valence-electron chi connectivity index (χ0n) is 25.2. The van der Waals surface area contributed by atoms with E-state index in [4.69, 9.17) is 0 Å². The van der Waals surface area contributed by atoms with Gasteiger partial charge in [0.1, 0.15) is 0 Å². The van der Waals surface area contributed by atoms with E-state index in [2.05, 4.69) is 48.1 Å². The summed E-state index contributed by atoms with van der Waals surface area (Å²) in [6.07, 6.45) is 42.6. The lowest BCUT2D eigenvalue weighted by atomic mass is 9.76. The number of hydrogen-bond donors (Lipinski definition) is 0. The van der Waals surface area contributed by atoms with Gasteiger partial charge in [-0.3, -0.25) is 0 Å². The van der Waals surface area contributed by atoms with Gasteiger partial charge in [0.2, 0.25) is 0 Å². The maximum absolute atomic E-state index is 16.5. The van der Waals surface area contributed by atoms with Crippen LogP contribution in [0.5, 0.6) is 0 Å². The van der Waals surface area contributed by atoms with Crippen LogP contribution >= 0.6 is 7.29 Å². The van der Waals surface area contributed by atoms with Crippen LogP contribution in [0.25, 0.3) is 0 Å². The third kappa shape index (κ3) is 7.52. The van der Waals surface area contributed by atoms with Crippen LogP contribution in [0.15, 0.2) is 47.3 Å². The second-order valence-electron chi connectivity index (χ2n) is 13.8. The van der Waals surface area contributed by atoms with Gasteiger partial charge in [-0.05, 0) is 69.8 Å². The van der Waals surface area contributed by atoms with Crippen LogP contribution in [0.2, 0.25) is 0 Å². The van der Waals surface area contributed by atoms with Crippen molar-refractivity contribution < 1.29 is 4.57 Å². The molecule has 0 N–H and O–H groups in total. The van der Waals surface area contributed by atoms with Crippen LogP contribution < -0.4 is 0 Å². The predicted molar refractivity (Wildman–Crippen MR) is 169 cm³/mol. The quantitative estimate of drug-likeness (QED) is 0.251. The summed E-state index contributed by atoms with van der Waals surface area (Å²) in [6, 6.07) is 0.987. The van der Waals surface area contributed by atoms with Crippen LogP contribution in [-0.4, -0.2) is 22.4 Å². The van der Waals surface area contributed by atoms with E-state index in [1.807, 2.05) is 0 Å². The zero-order chi connectivity index (χ0) is 26.9. The smallest absolute Gasteiger partial charge is 0.182 e. The van der Waals surface area contributed by atoms with Crippen molar-refractivity contribution in [3.8, 4) is 0 Å². The second-order valence-corrected chi connectivity index (χ2v) is 16.8. The number of allylic oxidation sites excluding steroid dienone is 8. The van der Waals surface area contributed by atoms with Gasteiger partial charge in [0, 0.05) is 23.1 Å². The van der Waals surface area contributed by atoms with Crippen LogP contribution in [0.3, 0.4) is 0 Å². The minimum absolute atomic E-state index is 0.319. The predicted octanol–water partition coefficient (Wildman–Crippen LogP) is 11.5. The highest BCUT2D eigenvalue weighted by atomic mass is 31.2. The molecule has 5 aliphatic rings. The highest BCUT2D eigenvalue weighted by molar-refractivity contribution is 7.66. The molecule has 4 bridgehead atoms. The van der Waals surface area contributed by atoms with E-state index in [1.54, 1.807) is 0 Å². The summed E-state index contributed by atoms with van der Waals surface area (Å²) in [4.78, 5) is 0. The molecule has 5 rings (SSSR count). The summed E-state index contributed by atoms with van der Waals surface area (Å²) in [7, 11) is -2.81. The van der Waals surface area contributed by atoms with Gasteiger partial charge in [0.05, 0.1) is 0 Å². The summed E-state index contributed by atoms with van der Waals surface area (Å²) < 4.78 is 19.4. The van der Waals surface area contributed by atoms with Crippen molar-refractivity contribution in [3.05, 3.63) is 47.3 Å². The van der Waals surface area contributed by atoms with Crippen molar-refractivity contribution in [2.45, 2.75) is 166 Å². The Hall–Kier alpha value is -0.850. The molecule has 0 spiro atoms. The first-order valence-corrected chi connectivity index (χ1v) is 19.0. The first kappa shape index (κ1) is 29.6. The monoisotopic (exact) mass is 551 g/mol. The van der Waals surface area contributed by atoms with E-state index in [9.17, 15) is 0 Å². The number of hydrogen-bond acceptors (Lipinski definition) is 1. The van der Waals surface area contributed by atoms with Gasteiger partial charge >= 0.3 is 0 Å². The average Bonchev–Trinajstić information content (AvgIpc) is 3.19. The van der Waals surface area contributed by atoms with Crippen molar-refractivity contribution >= 4 is 7.29 Å². The lowest BCUT2D eigenvalue weighted by molar-refractivity contribution is 0.153. The number of nitrogens with zero attached hydrogens (tertiary/aromatic N) is 1. The van der Waals surface area contributed by atoms with Gasteiger partial charge in [-0.2, -0.15) is 0 Å². The third-order valence-electron chi connectivity index (χ3n) is 11.1. The molecule has 4 aliphatic carbocycles. The molecule has 0 radical (unpaired) electrons. The van der Waals surface area contributed by atoms with E-state index in [-0.39, 0.29) is 0 Å². The van der Waals surface area contributed by atoms with E-state index >= 15 is 4.57 Å². The SMILES string of the molecule is CC1=C/C=C\C=C/C(P2(=O)C3CCCCCCC(CC3)C3CCCCCCCC(C3)N2C2CCCCCC2)=C\1. The van der Waals surface area contributed by atoms with E-state index < -0.39 is 7.29 Å². The van der Waals surface area contributed by atoms with Crippen molar-refractivity contribution in [1.82, 2.24) is 4.67 Å². The molecule has 0 amide bonds. The summed E-state index contributed by atoms with van der Waals surface area (Å²) >= 11 is 0. The van der Waals surface area contributed by atoms with Crippen molar-refractivity contribution in [1.29, 1.82) is 0 Å². The van der Waals surface area contributed by atoms with Crippen LogP contribution in [0.1, 0.15) is 148 Å². The number of fused-ring (bicyclic) bond motifs is 6. The molecule has 1 heterocycles. The topological polar surface area (TPSA) is 20.3 Å². The molecule has 218 valence electrons. The van der Waals surface area contributed by atoms with Crippen LogP contribution in [0, 0.1) is 11.8 Å². The molecule has 0 aromatic carbocycles. The molecular formula is C36H58NOP. The Labute approximate surface area is 241 Å². The van der Waals surface area contributed by atoms with Gasteiger partial charge in [-0.1, -0.05) is 132 Å². The highest BCUT2D eigenvalue weighted by Crippen LogP contribution is 2.68. The zero-order valence-corrected chi connectivity index (χ0v) is 26.1. The molecule has 4 fully saturated rings. The summed E-state index contributed by atoms with van der Waals surface area (Å²) in [5, 5.41) is 1.18. The van der Waals surface area contributed by atoms with Gasteiger partial charge < -0.3 is 4.57 Å². The van der Waals surface area contributed by atoms with Crippen molar-refractivity contribution in [2.24, 2.45) is 11.8 Å². The van der Waals surface area contributed by atoms with E-state index in [1.165, 1.54) is 146 Å². The Morgan fingerprint density at radius 2 is 1.21 bits per heavy atom. The first-order chi connectivity index (χ1) is 19.2. The van der Waals surface area contributed by atoms with Gasteiger partial charge in [-0.25, -0.2) is 4.67 Å². The van der Waals surface area contributed by atoms with Crippen LogP contribution in [-0.2, 0) is 4.57 Å². The van der Waals surface area contributed by atoms with Crippen molar-refractivity contribution in [2.75, 3.05) is 0 Å². The minimum atomic E-state index is -2.81. The molecule has 5 atom stereocenters. The Kier molecular flexibility index (Phi) is 11.3. The molecule has 39 heavy (non-hydrogen) atoms. The molecule has 3 heteroatoms. The van der Waals surface area contributed by atoms with E-state index in [0.717, 1.165) is 18.3 Å². The average molecular weight is 552 g/mol. The molecule has 0 aromatic heterocycles. The van der Waals surface area contributed by atoms with E-state index in [0.29, 0.717) is 17.7 Å². The summed E-state index contributed by atoms with van der Waals surface area (Å²) in [5.74, 6) is 1.68. The Bertz CT molecular complexity index is 936. The van der Waals surface area contributed by atoms with Gasteiger partial charge in [0.15, 0.2) is 7.29 Å². The second kappa shape index (κ2) is 14.9. The standard InChI is InChI=1S/C36H58NOP/c1-30-18-10-9-17-25-36(28-30)39(38)35-24-16-8-5-11-19-31(26-27-35)32-20-12-3-2-4-15-23-34(29-32)37(39)33-21-13-6-7-14-22-33/h9-10,17-18,25,28,31-35H,2-8,11-16,19-24,26-27,29H2,1H3/b10-9-,17-9?,18-10?,25-17-,30-18-,30-28?,36-25?,36-28+. The molecule has 3 saturated carbocycles. The van der Waals surface area contributed by atoms with Crippen molar-refractivity contribution in [3.63, 3.8) is 0 Å². The fourth-order valence-electron chi connectivity index (χ4n) is 9.02. The van der Waals surface area contributed by atoms with Gasteiger partial charge in [0.25, 0.3) is 0 Å². The fourth-order valence-corrected chi connectivity index (χ4v) is 13.2. The summed E-state index contributed by atoms with van der Waals surface area (Å²) in [6.45, 7) is 2.21. The molecular weight excluding hydrogens is 493 g/mol. The molecule has 5 unspecified atom stereocenters. The summed E-state index contributed by atoms with van der Waals surface area (Å²) in [5.41, 5.74) is 1.57. The Balaban J connectivity index is 1.67. The molecule has 1 aliphatic heterocycles. The van der Waals surface area contributed by atoms with Gasteiger partial charge in [-0.15, -0.1) is 0 Å². The third-order valence-corrected chi connectivity index (χ3v) is 15.0. The highest BCUT2D eigenvalue weighted by Gasteiger charge is 2.48. The fraction of sp³-hybridized carbons (Fsp3) is 0.778. The van der Waals surface area contributed by atoms with Crippen LogP contribution in [0.4, 0.5) is 0 Å². The maximum atomic E-state index is 16.5.